The molecule has 0 aliphatic heterocycles. The van der Waals surface area contributed by atoms with Crippen LogP contribution in [0.25, 0.3) is 0 Å². The molecule has 0 aliphatic rings. The molecule has 2 rings (SSSR count). The monoisotopic (exact) mass is 401 g/mol. The first-order chi connectivity index (χ1) is 13.1. The van der Waals surface area contributed by atoms with Crippen molar-refractivity contribution in [1.29, 1.82) is 0 Å². The minimum Gasteiger partial charge on any atom is -0.427 e. The molecule has 0 bridgehead atoms. The van der Waals surface area contributed by atoms with Crippen molar-refractivity contribution in [2.75, 3.05) is 0 Å². The lowest BCUT2D eigenvalue weighted by Crippen LogP contribution is -2.50. The summed E-state index contributed by atoms with van der Waals surface area (Å²) in [5.41, 5.74) is 1.26. The number of carbonyl (C=O) groups excluding carboxylic acids is 2. The van der Waals surface area contributed by atoms with Gasteiger partial charge in [-0.2, -0.15) is 0 Å². The zero-order valence-electron chi connectivity index (χ0n) is 16.3. The second-order valence-corrected chi connectivity index (χ2v) is 8.01. The Balaban J connectivity index is 2.04. The molecule has 0 fully saturated rings. The number of hydrogen-bond acceptors (Lipinski definition) is 4. The molecule has 1 atom stereocenters. The number of benzene rings is 2. The van der Waals surface area contributed by atoms with Gasteiger partial charge in [0.1, 0.15) is 0 Å². The third-order valence-corrected chi connectivity index (χ3v) is 4.97. The smallest absolute Gasteiger partial charge is 0.427 e. The van der Waals surface area contributed by atoms with Crippen molar-refractivity contribution in [3.8, 4) is 0 Å². The van der Waals surface area contributed by atoms with E-state index in [2.05, 4.69) is 5.32 Å². The first-order valence-corrected chi connectivity index (χ1v) is 9.49. The molecule has 7 heteroatoms. The summed E-state index contributed by atoms with van der Waals surface area (Å²) in [6, 6.07) is 14.1. The summed E-state index contributed by atoms with van der Waals surface area (Å²) in [4.78, 5) is 25.2. The number of carbonyl (C=O) groups is 2. The fourth-order valence-electron chi connectivity index (χ4n) is 2.83. The minimum absolute atomic E-state index is 0.0700. The van der Waals surface area contributed by atoms with Crippen LogP contribution in [0.4, 0.5) is 0 Å². The van der Waals surface area contributed by atoms with Crippen LogP contribution in [0.5, 0.6) is 0 Å². The fourth-order valence-corrected chi connectivity index (χ4v) is 2.96. The number of aryl methyl sites for hydroxylation is 1. The number of nitrogens with one attached hydrogen (secondary N) is 1. The van der Waals surface area contributed by atoms with Gasteiger partial charge in [-0.25, -0.2) is 0 Å². The first-order valence-electron chi connectivity index (χ1n) is 9.11. The fraction of sp³-hybridized carbons (Fsp3) is 0.333. The first kappa shape index (κ1) is 22.1. The molecular weight excluding hydrogens is 376 g/mol. The van der Waals surface area contributed by atoms with E-state index in [0.29, 0.717) is 17.0 Å². The van der Waals surface area contributed by atoms with Crippen molar-refractivity contribution in [2.45, 2.75) is 45.0 Å². The number of hydrogen-bond donors (Lipinski definition) is 3. The molecule has 148 valence electrons. The van der Waals surface area contributed by atoms with Crippen LogP contribution in [0.15, 0.2) is 48.5 Å². The summed E-state index contributed by atoms with van der Waals surface area (Å²) < 4.78 is 0. The van der Waals surface area contributed by atoms with Gasteiger partial charge in [0.15, 0.2) is 5.78 Å². The average molecular weight is 402 g/mol. The van der Waals surface area contributed by atoms with Crippen LogP contribution in [0, 0.1) is 6.92 Å². The van der Waals surface area contributed by atoms with Gasteiger partial charge < -0.3 is 15.4 Å². The van der Waals surface area contributed by atoms with Crippen molar-refractivity contribution >= 4 is 30.4 Å². The van der Waals surface area contributed by atoms with Crippen LogP contribution in [-0.4, -0.2) is 34.4 Å². The third-order valence-electron chi connectivity index (χ3n) is 4.72. The topological polar surface area (TPSA) is 86.6 Å². The van der Waals surface area contributed by atoms with Gasteiger partial charge in [-0.3, -0.25) is 9.59 Å². The van der Waals surface area contributed by atoms with Crippen molar-refractivity contribution in [2.24, 2.45) is 0 Å². The van der Waals surface area contributed by atoms with E-state index >= 15 is 0 Å². The van der Waals surface area contributed by atoms with Gasteiger partial charge in [-0.05, 0) is 57.0 Å². The molecule has 0 radical (unpaired) electrons. The number of ketones is 1. The average Bonchev–Trinajstić information content (AvgIpc) is 2.62. The van der Waals surface area contributed by atoms with Gasteiger partial charge in [0.2, 0.25) is 0 Å². The van der Waals surface area contributed by atoms with E-state index in [0.717, 1.165) is 11.1 Å². The van der Waals surface area contributed by atoms with Gasteiger partial charge in [-0.15, -0.1) is 0 Å². The molecular formula is C21H25BClNO4. The highest BCUT2D eigenvalue weighted by molar-refractivity contribution is 6.43. The lowest BCUT2D eigenvalue weighted by Gasteiger charge is -2.27. The largest absolute Gasteiger partial charge is 0.455 e. The number of Topliss-reactive ketones (excluding diaryl/α,β-unsaturated/α-hetero) is 1. The molecule has 5 nitrogen and oxygen atoms in total. The van der Waals surface area contributed by atoms with E-state index in [-0.39, 0.29) is 12.2 Å². The minimum atomic E-state index is -1.63. The van der Waals surface area contributed by atoms with E-state index in [1.807, 2.05) is 31.2 Å². The Morgan fingerprint density at radius 3 is 2.18 bits per heavy atom. The highest BCUT2D eigenvalue weighted by Crippen LogP contribution is 2.24. The molecule has 0 heterocycles. The van der Waals surface area contributed by atoms with Crippen molar-refractivity contribution in [3.63, 3.8) is 0 Å². The normalized spacial score (nSPS) is 12.4. The van der Waals surface area contributed by atoms with Crippen LogP contribution in [0.1, 0.15) is 41.8 Å². The number of amides is 1. The Bertz CT molecular complexity index is 819. The summed E-state index contributed by atoms with van der Waals surface area (Å²) in [6.45, 7) is 5.18. The molecule has 2 aromatic rings. The molecule has 0 saturated carbocycles. The predicted octanol–water partition coefficient (Wildman–Crippen LogP) is 3.20. The maximum Gasteiger partial charge on any atom is 0.455 e. The van der Waals surface area contributed by atoms with Crippen molar-refractivity contribution in [3.05, 3.63) is 70.2 Å². The molecule has 0 unspecified atom stereocenters. The Labute approximate surface area is 170 Å². The van der Waals surface area contributed by atoms with Crippen molar-refractivity contribution < 1.29 is 19.6 Å². The van der Waals surface area contributed by atoms with Gasteiger partial charge in [0, 0.05) is 22.8 Å². The van der Waals surface area contributed by atoms with E-state index in [4.69, 9.17) is 11.6 Å². The second kappa shape index (κ2) is 9.37. The number of rotatable bonds is 8. The molecule has 0 saturated heterocycles. The Morgan fingerprint density at radius 1 is 1.07 bits per heavy atom. The SMILES string of the molecule is Cc1ccc(C[C@H](CC(=O)C(C)(C)NC(=O)c2ccc(Cl)cc2)B(O)O)cc1. The lowest BCUT2D eigenvalue weighted by molar-refractivity contribution is -0.124. The zero-order chi connectivity index (χ0) is 20.9. The highest BCUT2D eigenvalue weighted by Gasteiger charge is 2.34. The van der Waals surface area contributed by atoms with E-state index < -0.39 is 24.4 Å². The molecule has 0 aromatic heterocycles. The third kappa shape index (κ3) is 6.19. The van der Waals surface area contributed by atoms with Crippen LogP contribution in [0.2, 0.25) is 10.8 Å². The summed E-state index contributed by atoms with van der Waals surface area (Å²) in [5.74, 6) is -1.34. The van der Waals surface area contributed by atoms with E-state index in [1.165, 1.54) is 0 Å². The number of halogens is 1. The Kier molecular flexibility index (Phi) is 7.41. The van der Waals surface area contributed by atoms with Gasteiger partial charge in [0.25, 0.3) is 5.91 Å². The quantitative estimate of drug-likeness (QED) is 0.593. The lowest BCUT2D eigenvalue weighted by atomic mass is 9.66. The van der Waals surface area contributed by atoms with Crippen LogP contribution in [0.3, 0.4) is 0 Å². The van der Waals surface area contributed by atoms with Crippen LogP contribution in [-0.2, 0) is 11.2 Å². The van der Waals surface area contributed by atoms with Gasteiger partial charge in [0.05, 0.1) is 5.54 Å². The summed E-state index contributed by atoms with van der Waals surface area (Å²) in [7, 11) is -1.63. The van der Waals surface area contributed by atoms with Crippen molar-refractivity contribution in [1.82, 2.24) is 5.32 Å². The van der Waals surface area contributed by atoms with E-state index in [9.17, 15) is 19.6 Å². The maximum atomic E-state index is 12.8. The molecule has 0 spiro atoms. The molecule has 0 aliphatic carbocycles. The second-order valence-electron chi connectivity index (χ2n) is 7.58. The van der Waals surface area contributed by atoms with Crippen LogP contribution < -0.4 is 5.32 Å². The Hall–Kier alpha value is -2.15. The predicted molar refractivity (Wildman–Crippen MR) is 111 cm³/mol. The summed E-state index contributed by atoms with van der Waals surface area (Å²) in [6.07, 6.45) is 0.282. The Morgan fingerprint density at radius 2 is 1.64 bits per heavy atom. The molecule has 2 aromatic carbocycles. The molecule has 1 amide bonds. The van der Waals surface area contributed by atoms with Gasteiger partial charge in [-0.1, -0.05) is 41.4 Å². The highest BCUT2D eigenvalue weighted by atomic mass is 35.5. The molecule has 3 N–H and O–H groups in total. The van der Waals surface area contributed by atoms with Gasteiger partial charge >= 0.3 is 7.12 Å². The molecule has 28 heavy (non-hydrogen) atoms. The summed E-state index contributed by atoms with van der Waals surface area (Å²) in [5, 5.41) is 22.7. The standard InChI is InChI=1S/C21H25BClNO4/c1-14-4-6-15(7-5-14)12-17(22(27)28)13-19(25)21(2,3)24-20(26)16-8-10-18(23)11-9-16/h4-11,17,27-28H,12-13H2,1-3H3,(H,24,26)/t17-/m1/s1. The summed E-state index contributed by atoms with van der Waals surface area (Å²) >= 11 is 5.83. The van der Waals surface area contributed by atoms with E-state index in [1.54, 1.807) is 38.1 Å². The van der Waals surface area contributed by atoms with Crippen LogP contribution >= 0.6 is 11.6 Å². The maximum absolute atomic E-state index is 12.8. The zero-order valence-corrected chi connectivity index (χ0v) is 17.0.